The summed E-state index contributed by atoms with van der Waals surface area (Å²) in [6.45, 7) is 2.41. The van der Waals surface area contributed by atoms with Crippen LogP contribution in [0.15, 0.2) is 11.9 Å². The lowest BCUT2D eigenvalue weighted by atomic mass is 10.1. The van der Waals surface area contributed by atoms with Gasteiger partial charge in [0.2, 0.25) is 0 Å². The molecule has 1 heterocycles. The molecule has 1 atom stereocenters. The van der Waals surface area contributed by atoms with Gasteiger partial charge in [-0.15, -0.1) is 0 Å². The van der Waals surface area contributed by atoms with Crippen LogP contribution in [0.2, 0.25) is 0 Å². The zero-order valence-corrected chi connectivity index (χ0v) is 10.2. The lowest BCUT2D eigenvalue weighted by molar-refractivity contribution is -0.137. The Labute approximate surface area is 99.3 Å². The molecule has 0 spiro atoms. The molecule has 1 aliphatic rings. The molecule has 0 aromatic rings. The van der Waals surface area contributed by atoms with Crippen LogP contribution >= 0.6 is 7.60 Å². The van der Waals surface area contributed by atoms with E-state index in [4.69, 9.17) is 14.9 Å². The highest BCUT2D eigenvalue weighted by atomic mass is 31.2. The number of carboxylic acid groups (broad SMARTS) is 1. The second-order valence-electron chi connectivity index (χ2n) is 3.98. The summed E-state index contributed by atoms with van der Waals surface area (Å²) in [4.78, 5) is 29.8. The first-order chi connectivity index (χ1) is 7.87. The summed E-state index contributed by atoms with van der Waals surface area (Å²) < 4.78 is 10.6. The van der Waals surface area contributed by atoms with Gasteiger partial charge in [0.25, 0.3) is 0 Å². The van der Waals surface area contributed by atoms with Gasteiger partial charge in [-0.1, -0.05) is 6.08 Å². The summed E-state index contributed by atoms with van der Waals surface area (Å²) in [6.07, 6.45) is 1.47. The summed E-state index contributed by atoms with van der Waals surface area (Å²) in [7, 11) is -4.09. The number of carboxylic acids is 1. The van der Waals surface area contributed by atoms with Gasteiger partial charge in [0.1, 0.15) is 0 Å². The summed E-state index contributed by atoms with van der Waals surface area (Å²) >= 11 is 0. The van der Waals surface area contributed by atoms with Crippen molar-refractivity contribution in [2.45, 2.75) is 12.5 Å². The fraction of sp³-hybridized carbons (Fsp3) is 0.667. The quantitative estimate of drug-likeness (QED) is 0.492. The van der Waals surface area contributed by atoms with Crippen molar-refractivity contribution in [3.05, 3.63) is 11.9 Å². The second kappa shape index (κ2) is 6.28. The predicted octanol–water partition coefficient (Wildman–Crippen LogP) is -0.574. The van der Waals surface area contributed by atoms with Gasteiger partial charge in [0.15, 0.2) is 0 Å². The Hall–Kier alpha value is -0.720. The van der Waals surface area contributed by atoms with E-state index in [1.807, 2.05) is 4.90 Å². The SMILES string of the molecule is O=C(O)C[C@H]1CN(C/C=C/P(=O)(O)O)CCN1. The molecular formula is C9H17N2O5P. The van der Waals surface area contributed by atoms with Crippen molar-refractivity contribution in [2.24, 2.45) is 0 Å². The highest BCUT2D eigenvalue weighted by Gasteiger charge is 2.20. The van der Waals surface area contributed by atoms with Gasteiger partial charge in [-0.05, 0) is 0 Å². The largest absolute Gasteiger partial charge is 0.481 e. The molecule has 0 saturated carbocycles. The van der Waals surface area contributed by atoms with Crippen LogP contribution in [-0.4, -0.2) is 58.0 Å². The monoisotopic (exact) mass is 264 g/mol. The standard InChI is InChI=1S/C9H17N2O5P/c12-9(13)6-8-7-11(4-2-10-8)3-1-5-17(14,15)16/h1,5,8,10H,2-4,6-7H2,(H,12,13)(H2,14,15,16)/b5-1+/t8-/m0/s1. The maximum Gasteiger partial charge on any atom is 0.348 e. The van der Waals surface area contributed by atoms with Gasteiger partial charge in [-0.25, -0.2) is 0 Å². The number of nitrogens with zero attached hydrogens (tertiary/aromatic N) is 1. The Morgan fingerprint density at radius 2 is 2.24 bits per heavy atom. The minimum atomic E-state index is -4.09. The molecule has 0 aromatic heterocycles. The van der Waals surface area contributed by atoms with Gasteiger partial charge >= 0.3 is 13.6 Å². The number of hydrogen-bond donors (Lipinski definition) is 4. The zero-order chi connectivity index (χ0) is 12.9. The van der Waals surface area contributed by atoms with Crippen LogP contribution in [-0.2, 0) is 9.36 Å². The van der Waals surface area contributed by atoms with E-state index >= 15 is 0 Å². The van der Waals surface area contributed by atoms with Gasteiger partial charge in [0, 0.05) is 38.0 Å². The molecule has 7 nitrogen and oxygen atoms in total. The molecule has 0 aliphatic carbocycles. The third kappa shape index (κ3) is 6.55. The molecule has 1 saturated heterocycles. The number of piperazine rings is 1. The first-order valence-electron chi connectivity index (χ1n) is 5.27. The molecule has 0 radical (unpaired) electrons. The summed E-state index contributed by atoms with van der Waals surface area (Å²) in [5, 5.41) is 11.7. The van der Waals surface area contributed by atoms with E-state index in [9.17, 15) is 9.36 Å². The van der Waals surface area contributed by atoms with Gasteiger partial charge in [-0.2, -0.15) is 0 Å². The Bertz CT molecular complexity index is 340. The Morgan fingerprint density at radius 1 is 1.53 bits per heavy atom. The highest BCUT2D eigenvalue weighted by Crippen LogP contribution is 2.35. The van der Waals surface area contributed by atoms with E-state index in [0.717, 1.165) is 12.4 Å². The topological polar surface area (TPSA) is 110 Å². The minimum absolute atomic E-state index is 0.0543. The second-order valence-corrected chi connectivity index (χ2v) is 5.46. The molecule has 0 aromatic carbocycles. The van der Waals surface area contributed by atoms with Gasteiger partial charge in [-0.3, -0.25) is 14.3 Å². The van der Waals surface area contributed by atoms with Gasteiger partial charge < -0.3 is 20.2 Å². The Morgan fingerprint density at radius 3 is 2.82 bits per heavy atom. The van der Waals surface area contributed by atoms with Crippen LogP contribution in [0.25, 0.3) is 0 Å². The van der Waals surface area contributed by atoms with Crippen molar-refractivity contribution < 1.29 is 24.3 Å². The van der Waals surface area contributed by atoms with Crippen molar-refractivity contribution in [1.82, 2.24) is 10.2 Å². The predicted molar refractivity (Wildman–Crippen MR) is 61.7 cm³/mol. The molecule has 0 amide bonds. The van der Waals surface area contributed by atoms with E-state index in [2.05, 4.69) is 5.32 Å². The maximum absolute atomic E-state index is 10.6. The molecule has 4 N–H and O–H groups in total. The number of nitrogens with one attached hydrogen (secondary N) is 1. The fourth-order valence-corrected chi connectivity index (χ4v) is 2.11. The third-order valence-electron chi connectivity index (χ3n) is 2.42. The van der Waals surface area contributed by atoms with E-state index in [0.29, 0.717) is 19.6 Å². The molecule has 8 heteroatoms. The van der Waals surface area contributed by atoms with Crippen LogP contribution in [0.4, 0.5) is 0 Å². The number of rotatable bonds is 5. The Balaban J connectivity index is 2.37. The van der Waals surface area contributed by atoms with E-state index in [1.54, 1.807) is 0 Å². The first kappa shape index (κ1) is 14.3. The van der Waals surface area contributed by atoms with Crippen LogP contribution in [0.3, 0.4) is 0 Å². The van der Waals surface area contributed by atoms with Crippen molar-refractivity contribution in [2.75, 3.05) is 26.2 Å². The highest BCUT2D eigenvalue weighted by molar-refractivity contribution is 7.55. The van der Waals surface area contributed by atoms with Crippen molar-refractivity contribution in [3.63, 3.8) is 0 Å². The first-order valence-corrected chi connectivity index (χ1v) is 6.95. The third-order valence-corrected chi connectivity index (χ3v) is 3.02. The number of hydrogen-bond acceptors (Lipinski definition) is 4. The van der Waals surface area contributed by atoms with Gasteiger partial charge in [0.05, 0.1) is 6.42 Å². The summed E-state index contributed by atoms with van der Waals surface area (Å²) in [6, 6.07) is -0.107. The molecule has 17 heavy (non-hydrogen) atoms. The lowest BCUT2D eigenvalue weighted by Gasteiger charge is -2.32. The van der Waals surface area contributed by atoms with Crippen LogP contribution in [0.1, 0.15) is 6.42 Å². The molecule has 1 fully saturated rings. The van der Waals surface area contributed by atoms with Crippen molar-refractivity contribution in [1.29, 1.82) is 0 Å². The Kier molecular flexibility index (Phi) is 5.30. The fourth-order valence-electron chi connectivity index (χ4n) is 1.74. The molecule has 1 aliphatic heterocycles. The average Bonchev–Trinajstić information content (AvgIpc) is 2.15. The molecular weight excluding hydrogens is 247 g/mol. The van der Waals surface area contributed by atoms with Crippen LogP contribution in [0, 0.1) is 0 Å². The molecule has 0 bridgehead atoms. The molecule has 98 valence electrons. The van der Waals surface area contributed by atoms with E-state index < -0.39 is 13.6 Å². The maximum atomic E-state index is 10.6. The van der Waals surface area contributed by atoms with E-state index in [1.165, 1.54) is 6.08 Å². The summed E-state index contributed by atoms with van der Waals surface area (Å²) in [5.41, 5.74) is 0. The number of aliphatic carboxylic acids is 1. The van der Waals surface area contributed by atoms with E-state index in [-0.39, 0.29) is 12.5 Å². The van der Waals surface area contributed by atoms with Crippen molar-refractivity contribution >= 4 is 13.6 Å². The zero-order valence-electron chi connectivity index (χ0n) is 9.32. The van der Waals surface area contributed by atoms with Crippen LogP contribution < -0.4 is 5.32 Å². The van der Waals surface area contributed by atoms with Crippen LogP contribution in [0.5, 0.6) is 0 Å². The number of carbonyl (C=O) groups is 1. The van der Waals surface area contributed by atoms with Crippen molar-refractivity contribution in [3.8, 4) is 0 Å². The molecule has 1 rings (SSSR count). The normalized spacial score (nSPS) is 23.1. The lowest BCUT2D eigenvalue weighted by Crippen LogP contribution is -2.51. The summed E-state index contributed by atoms with van der Waals surface area (Å²) in [5.74, 6) is 0.0245. The average molecular weight is 264 g/mol. The minimum Gasteiger partial charge on any atom is -0.481 e. The molecule has 0 unspecified atom stereocenters. The smallest absolute Gasteiger partial charge is 0.348 e.